The van der Waals surface area contributed by atoms with Crippen LogP contribution in [0.5, 0.6) is 11.5 Å². The van der Waals surface area contributed by atoms with Crippen molar-refractivity contribution in [1.82, 2.24) is 5.32 Å². The molecule has 0 heterocycles. The number of carbonyl (C=O) groups excluding carboxylic acids is 1. The molecule has 0 atom stereocenters. The molecule has 168 valence electrons. The van der Waals surface area contributed by atoms with Gasteiger partial charge in [-0.05, 0) is 61.0 Å². The number of unbranched alkanes of at least 4 members (excludes halogenated alkanes) is 4. The van der Waals surface area contributed by atoms with Gasteiger partial charge in [0.2, 0.25) is 0 Å². The molecule has 0 fully saturated rings. The molecule has 0 aliphatic heterocycles. The molecule has 0 saturated heterocycles. The first-order valence-corrected chi connectivity index (χ1v) is 11.5. The Labute approximate surface area is 191 Å². The average molecular weight is 443 g/mol. The molecule has 0 aliphatic carbocycles. The molecule has 0 spiro atoms. The lowest BCUT2D eigenvalue weighted by Gasteiger charge is -2.12. The molecular formula is C25H34N2O3S. The Bertz CT molecular complexity index is 822. The van der Waals surface area contributed by atoms with Crippen molar-refractivity contribution in [2.75, 3.05) is 18.5 Å². The van der Waals surface area contributed by atoms with E-state index in [9.17, 15) is 4.79 Å². The number of hydrogen-bond acceptors (Lipinski definition) is 4. The second-order valence-corrected chi connectivity index (χ2v) is 8.34. The first kappa shape index (κ1) is 24.7. The van der Waals surface area contributed by atoms with Gasteiger partial charge >= 0.3 is 0 Å². The van der Waals surface area contributed by atoms with Crippen molar-refractivity contribution < 1.29 is 14.3 Å². The largest absolute Gasteiger partial charge is 0.494 e. The smallest absolute Gasteiger partial charge is 0.257 e. The van der Waals surface area contributed by atoms with E-state index in [1.807, 2.05) is 24.3 Å². The third-order valence-corrected chi connectivity index (χ3v) is 4.74. The van der Waals surface area contributed by atoms with E-state index in [2.05, 4.69) is 31.4 Å². The van der Waals surface area contributed by atoms with Crippen molar-refractivity contribution >= 4 is 28.9 Å². The first-order chi connectivity index (χ1) is 15.0. The van der Waals surface area contributed by atoms with Crippen molar-refractivity contribution in [1.29, 1.82) is 0 Å². The van der Waals surface area contributed by atoms with E-state index in [-0.39, 0.29) is 11.0 Å². The van der Waals surface area contributed by atoms with Gasteiger partial charge in [-0.15, -0.1) is 0 Å². The average Bonchev–Trinajstić information content (AvgIpc) is 2.75. The number of carbonyl (C=O) groups is 1. The molecule has 2 N–H and O–H groups in total. The highest BCUT2D eigenvalue weighted by Crippen LogP contribution is 2.18. The van der Waals surface area contributed by atoms with E-state index < -0.39 is 0 Å². The normalized spacial score (nSPS) is 10.6. The van der Waals surface area contributed by atoms with Crippen LogP contribution >= 0.6 is 12.2 Å². The summed E-state index contributed by atoms with van der Waals surface area (Å²) in [7, 11) is 0. The van der Waals surface area contributed by atoms with Crippen molar-refractivity contribution in [2.45, 2.75) is 52.9 Å². The fraction of sp³-hybridized carbons (Fsp3) is 0.440. The lowest BCUT2D eigenvalue weighted by molar-refractivity contribution is 0.0977. The quantitative estimate of drug-likeness (QED) is 0.303. The third-order valence-electron chi connectivity index (χ3n) is 4.54. The molecule has 1 amide bonds. The van der Waals surface area contributed by atoms with Crippen LogP contribution in [-0.4, -0.2) is 24.2 Å². The van der Waals surface area contributed by atoms with Crippen LogP contribution in [-0.2, 0) is 0 Å². The minimum absolute atomic E-state index is 0.238. The summed E-state index contributed by atoms with van der Waals surface area (Å²) in [5.74, 6) is 1.70. The van der Waals surface area contributed by atoms with Gasteiger partial charge in [0.15, 0.2) is 5.11 Å². The highest BCUT2D eigenvalue weighted by molar-refractivity contribution is 7.80. The van der Waals surface area contributed by atoms with Gasteiger partial charge in [-0.25, -0.2) is 0 Å². The molecule has 2 aromatic carbocycles. The predicted molar refractivity (Wildman–Crippen MR) is 131 cm³/mol. The van der Waals surface area contributed by atoms with E-state index in [4.69, 9.17) is 21.7 Å². The molecule has 0 unspecified atom stereocenters. The Morgan fingerprint density at radius 2 is 1.71 bits per heavy atom. The van der Waals surface area contributed by atoms with Crippen molar-refractivity contribution in [3.05, 3.63) is 54.1 Å². The Balaban J connectivity index is 1.79. The molecule has 2 aromatic rings. The van der Waals surface area contributed by atoms with Crippen molar-refractivity contribution in [3.63, 3.8) is 0 Å². The molecule has 6 heteroatoms. The zero-order valence-corrected chi connectivity index (χ0v) is 19.6. The number of hydrogen-bond donors (Lipinski definition) is 2. The standard InChI is InChI=1S/C25H34N2O3S/c1-4-5-6-7-8-16-29-23-11-9-10-21(17-23)26-25(31)27-24(28)20-12-14-22(15-13-20)30-18-19(2)3/h9-15,17,19H,4-8,16,18H2,1-3H3,(H2,26,27,28,31). The van der Waals surface area contributed by atoms with Gasteiger partial charge < -0.3 is 14.8 Å². The molecule has 0 bridgehead atoms. The first-order valence-electron chi connectivity index (χ1n) is 11.1. The molecule has 0 radical (unpaired) electrons. The molecule has 0 saturated carbocycles. The minimum atomic E-state index is -0.271. The van der Waals surface area contributed by atoms with Gasteiger partial charge in [0.05, 0.1) is 13.2 Å². The summed E-state index contributed by atoms with van der Waals surface area (Å²) in [6.07, 6.45) is 6.00. The number of ether oxygens (including phenoxy) is 2. The van der Waals surface area contributed by atoms with Crippen LogP contribution in [0.25, 0.3) is 0 Å². The van der Waals surface area contributed by atoms with Crippen LogP contribution in [0.3, 0.4) is 0 Å². The summed E-state index contributed by atoms with van der Waals surface area (Å²) in [5.41, 5.74) is 1.28. The van der Waals surface area contributed by atoms with Crippen LogP contribution in [0.4, 0.5) is 5.69 Å². The van der Waals surface area contributed by atoms with E-state index in [1.54, 1.807) is 24.3 Å². The van der Waals surface area contributed by atoms with Gasteiger partial charge in [-0.1, -0.05) is 52.5 Å². The van der Waals surface area contributed by atoms with E-state index in [1.165, 1.54) is 25.7 Å². The molecule has 5 nitrogen and oxygen atoms in total. The van der Waals surface area contributed by atoms with Crippen molar-refractivity contribution in [3.8, 4) is 11.5 Å². The van der Waals surface area contributed by atoms with Gasteiger partial charge in [0.25, 0.3) is 5.91 Å². The van der Waals surface area contributed by atoms with Crippen LogP contribution in [0.15, 0.2) is 48.5 Å². The second kappa shape index (κ2) is 13.7. The summed E-state index contributed by atoms with van der Waals surface area (Å²) in [6, 6.07) is 14.6. The summed E-state index contributed by atoms with van der Waals surface area (Å²) < 4.78 is 11.5. The monoisotopic (exact) mass is 442 g/mol. The van der Waals surface area contributed by atoms with Crippen LogP contribution in [0, 0.1) is 5.92 Å². The fourth-order valence-corrected chi connectivity index (χ4v) is 3.07. The van der Waals surface area contributed by atoms with E-state index in [0.717, 1.165) is 23.6 Å². The third kappa shape index (κ3) is 9.83. The number of thiocarbonyl (C=S) groups is 1. The maximum absolute atomic E-state index is 12.4. The minimum Gasteiger partial charge on any atom is -0.494 e. The lowest BCUT2D eigenvalue weighted by atomic mass is 10.2. The van der Waals surface area contributed by atoms with Crippen molar-refractivity contribution in [2.24, 2.45) is 5.92 Å². The molecule has 0 aliphatic rings. The van der Waals surface area contributed by atoms with Crippen LogP contribution in [0.1, 0.15) is 63.2 Å². The number of nitrogens with one attached hydrogen (secondary N) is 2. The Kier molecular flexibility index (Phi) is 10.9. The van der Waals surface area contributed by atoms with E-state index in [0.29, 0.717) is 24.7 Å². The maximum Gasteiger partial charge on any atom is 0.257 e. The number of amides is 1. The number of rotatable bonds is 12. The Hall–Kier alpha value is -2.60. The Morgan fingerprint density at radius 3 is 2.42 bits per heavy atom. The predicted octanol–water partition coefficient (Wildman–Crippen LogP) is 6.20. The molecule has 0 aromatic heterocycles. The van der Waals surface area contributed by atoms with Crippen LogP contribution in [0.2, 0.25) is 0 Å². The SMILES string of the molecule is CCCCCCCOc1cccc(NC(=S)NC(=O)c2ccc(OCC(C)C)cc2)c1. The van der Waals surface area contributed by atoms with Gasteiger partial charge in [0.1, 0.15) is 11.5 Å². The van der Waals surface area contributed by atoms with Crippen LogP contribution < -0.4 is 20.1 Å². The number of anilines is 1. The topological polar surface area (TPSA) is 59.6 Å². The zero-order chi connectivity index (χ0) is 22.5. The number of benzene rings is 2. The summed E-state index contributed by atoms with van der Waals surface area (Å²) in [5, 5.41) is 5.98. The molecular weight excluding hydrogens is 408 g/mol. The molecule has 2 rings (SSSR count). The summed E-state index contributed by atoms with van der Waals surface area (Å²) >= 11 is 5.29. The molecule has 31 heavy (non-hydrogen) atoms. The lowest BCUT2D eigenvalue weighted by Crippen LogP contribution is -2.34. The summed E-state index contributed by atoms with van der Waals surface area (Å²) in [4.78, 5) is 12.4. The van der Waals surface area contributed by atoms with Gasteiger partial charge in [-0.3, -0.25) is 10.1 Å². The van der Waals surface area contributed by atoms with Gasteiger partial charge in [0, 0.05) is 17.3 Å². The maximum atomic E-state index is 12.4. The highest BCUT2D eigenvalue weighted by atomic mass is 32.1. The fourth-order valence-electron chi connectivity index (χ4n) is 2.86. The highest BCUT2D eigenvalue weighted by Gasteiger charge is 2.09. The zero-order valence-electron chi connectivity index (χ0n) is 18.8. The summed E-state index contributed by atoms with van der Waals surface area (Å²) in [6.45, 7) is 7.73. The second-order valence-electron chi connectivity index (χ2n) is 7.93. The van der Waals surface area contributed by atoms with Gasteiger partial charge in [-0.2, -0.15) is 0 Å². The van der Waals surface area contributed by atoms with E-state index >= 15 is 0 Å². The Morgan fingerprint density at radius 1 is 0.968 bits per heavy atom.